The Kier molecular flexibility index (Phi) is 3.43. The number of hydrogen-bond acceptors (Lipinski definition) is 6. The molecule has 0 bridgehead atoms. The van der Waals surface area contributed by atoms with Crippen LogP contribution in [0.3, 0.4) is 0 Å². The van der Waals surface area contributed by atoms with E-state index in [2.05, 4.69) is 14.7 Å². The first-order chi connectivity index (χ1) is 9.72. The monoisotopic (exact) mass is 341 g/mol. The van der Waals surface area contributed by atoms with Crippen LogP contribution >= 0.6 is 11.5 Å². The summed E-state index contributed by atoms with van der Waals surface area (Å²) in [4.78, 5) is 3.43. The summed E-state index contributed by atoms with van der Waals surface area (Å²) in [5.74, 6) is -1.08. The number of alkyl halides is 3. The third-order valence-corrected chi connectivity index (χ3v) is 7.60. The van der Waals surface area contributed by atoms with E-state index < -0.39 is 26.6 Å². The molecule has 21 heavy (non-hydrogen) atoms. The Morgan fingerprint density at radius 3 is 2.57 bits per heavy atom. The molecule has 118 valence electrons. The smallest absolute Gasteiger partial charge is 0.357 e. The fourth-order valence-corrected chi connectivity index (χ4v) is 6.03. The zero-order chi connectivity index (χ0) is 15.3. The van der Waals surface area contributed by atoms with E-state index in [-0.39, 0.29) is 16.9 Å². The molecular weight excluding hydrogens is 327 g/mol. The van der Waals surface area contributed by atoms with Crippen molar-refractivity contribution in [3.63, 3.8) is 0 Å². The molecule has 1 spiro atoms. The number of halogens is 3. The summed E-state index contributed by atoms with van der Waals surface area (Å²) in [6.07, 6.45) is -1.53. The second-order valence-electron chi connectivity index (χ2n) is 5.61. The normalized spacial score (nSPS) is 27.3. The lowest BCUT2D eigenvalue weighted by atomic mass is 9.79. The highest BCUT2D eigenvalue weighted by Gasteiger charge is 2.52. The van der Waals surface area contributed by atoms with Crippen LogP contribution in [0.5, 0.6) is 0 Å². The number of nitrogens with zero attached hydrogens (tertiary/aromatic N) is 2. The molecule has 2 aliphatic rings. The Hall–Kier alpha value is -0.900. The number of nitrogens with one attached hydrogen (secondary N) is 1. The van der Waals surface area contributed by atoms with E-state index >= 15 is 0 Å². The van der Waals surface area contributed by atoms with E-state index in [0.29, 0.717) is 37.2 Å². The van der Waals surface area contributed by atoms with Crippen molar-refractivity contribution in [1.29, 1.82) is 0 Å². The van der Waals surface area contributed by atoms with Gasteiger partial charge in [0.1, 0.15) is 0 Å². The standard InChI is InChI=1S/C11H14F3N3O2S2/c12-11(13,14)8-16-9(20-17-8)15-7-2-5-21(18,19)10(6-7)3-1-4-10/h7H,1-6H2,(H,15,16,17). The topological polar surface area (TPSA) is 72.0 Å². The Bertz CT molecular complexity index is 637. The summed E-state index contributed by atoms with van der Waals surface area (Å²) >= 11 is 0.654. The Morgan fingerprint density at radius 2 is 2.05 bits per heavy atom. The predicted octanol–water partition coefficient (Wildman–Crippen LogP) is 2.47. The molecule has 1 aromatic rings. The minimum Gasteiger partial charge on any atom is -0.357 e. The van der Waals surface area contributed by atoms with E-state index in [1.165, 1.54) is 0 Å². The van der Waals surface area contributed by atoms with Crippen LogP contribution in [0.2, 0.25) is 0 Å². The maximum absolute atomic E-state index is 12.4. The lowest BCUT2D eigenvalue weighted by Gasteiger charge is -2.46. The van der Waals surface area contributed by atoms with Crippen LogP contribution in [0.15, 0.2) is 0 Å². The van der Waals surface area contributed by atoms with Crippen molar-refractivity contribution in [2.75, 3.05) is 11.1 Å². The van der Waals surface area contributed by atoms with Crippen LogP contribution < -0.4 is 5.32 Å². The molecule has 0 aromatic carbocycles. The summed E-state index contributed by atoms with van der Waals surface area (Å²) < 4.78 is 64.2. The number of anilines is 1. The molecule has 0 amide bonds. The summed E-state index contributed by atoms with van der Waals surface area (Å²) in [6.45, 7) is 0. The molecular formula is C11H14F3N3O2S2. The van der Waals surface area contributed by atoms with Crippen LogP contribution in [-0.2, 0) is 16.0 Å². The highest BCUT2D eigenvalue weighted by molar-refractivity contribution is 7.92. The number of hydrogen-bond donors (Lipinski definition) is 1. The molecule has 1 N–H and O–H groups in total. The van der Waals surface area contributed by atoms with Gasteiger partial charge in [0.15, 0.2) is 9.84 Å². The van der Waals surface area contributed by atoms with E-state index in [0.717, 1.165) is 6.42 Å². The molecule has 5 nitrogen and oxygen atoms in total. The average molecular weight is 341 g/mol. The van der Waals surface area contributed by atoms with Crippen LogP contribution in [0.25, 0.3) is 0 Å². The molecule has 3 rings (SSSR count). The minimum atomic E-state index is -4.55. The van der Waals surface area contributed by atoms with Crippen LogP contribution in [0.1, 0.15) is 37.9 Å². The maximum atomic E-state index is 12.4. The summed E-state index contributed by atoms with van der Waals surface area (Å²) in [5.41, 5.74) is 0. The van der Waals surface area contributed by atoms with Gasteiger partial charge in [0.05, 0.1) is 10.5 Å². The molecule has 1 aliphatic heterocycles. The molecule has 2 fully saturated rings. The van der Waals surface area contributed by atoms with Crippen molar-refractivity contribution in [2.24, 2.45) is 0 Å². The summed E-state index contributed by atoms with van der Waals surface area (Å²) in [6, 6.07) is -0.164. The molecule has 1 saturated carbocycles. The summed E-state index contributed by atoms with van der Waals surface area (Å²) in [5, 5.41) is 3.01. The molecule has 1 saturated heterocycles. The van der Waals surface area contributed by atoms with E-state index in [1.807, 2.05) is 0 Å². The number of aromatic nitrogens is 2. The zero-order valence-corrected chi connectivity index (χ0v) is 12.6. The lowest BCUT2D eigenvalue weighted by Crippen LogP contribution is -2.53. The molecule has 0 radical (unpaired) electrons. The third kappa shape index (κ3) is 2.63. The average Bonchev–Trinajstić information content (AvgIpc) is 2.77. The molecule has 1 aliphatic carbocycles. The quantitative estimate of drug-likeness (QED) is 0.895. The van der Waals surface area contributed by atoms with Crippen LogP contribution in [0.4, 0.5) is 18.3 Å². The first kappa shape index (κ1) is 15.0. The van der Waals surface area contributed by atoms with E-state index in [9.17, 15) is 21.6 Å². The van der Waals surface area contributed by atoms with Gasteiger partial charge >= 0.3 is 6.18 Å². The van der Waals surface area contributed by atoms with Gasteiger partial charge in [-0.3, -0.25) is 0 Å². The van der Waals surface area contributed by atoms with Gasteiger partial charge in [0.2, 0.25) is 11.0 Å². The van der Waals surface area contributed by atoms with E-state index in [4.69, 9.17) is 0 Å². The van der Waals surface area contributed by atoms with Gasteiger partial charge in [-0.2, -0.15) is 22.5 Å². The van der Waals surface area contributed by atoms with Gasteiger partial charge in [-0.15, -0.1) is 0 Å². The molecule has 1 atom stereocenters. The third-order valence-electron chi connectivity index (χ3n) is 4.29. The highest BCUT2D eigenvalue weighted by atomic mass is 32.2. The predicted molar refractivity (Wildman–Crippen MR) is 71.9 cm³/mol. The zero-order valence-electron chi connectivity index (χ0n) is 11.0. The van der Waals surface area contributed by atoms with Gasteiger partial charge in [-0.25, -0.2) is 8.42 Å². The fourth-order valence-electron chi connectivity index (χ4n) is 2.97. The molecule has 2 heterocycles. The molecule has 1 unspecified atom stereocenters. The Morgan fingerprint density at radius 1 is 1.33 bits per heavy atom. The second-order valence-corrected chi connectivity index (χ2v) is 8.87. The van der Waals surface area contributed by atoms with Crippen molar-refractivity contribution < 1.29 is 21.6 Å². The van der Waals surface area contributed by atoms with Gasteiger partial charge in [0, 0.05) is 17.6 Å². The molecule has 1 aromatic heterocycles. The molecule has 10 heteroatoms. The SMILES string of the molecule is O=S1(=O)CCC(Nc2nc(C(F)(F)F)ns2)CC12CCC2. The van der Waals surface area contributed by atoms with Crippen molar-refractivity contribution >= 4 is 26.5 Å². The van der Waals surface area contributed by atoms with Crippen molar-refractivity contribution in [2.45, 2.75) is 49.1 Å². The minimum absolute atomic E-state index is 0.0790. The number of rotatable bonds is 2. The number of sulfone groups is 1. The van der Waals surface area contributed by atoms with Gasteiger partial charge < -0.3 is 5.32 Å². The Labute approximate surface area is 124 Å². The Balaban J connectivity index is 1.71. The highest BCUT2D eigenvalue weighted by Crippen LogP contribution is 2.47. The second kappa shape index (κ2) is 4.80. The maximum Gasteiger partial charge on any atom is 0.452 e. The van der Waals surface area contributed by atoms with Crippen molar-refractivity contribution in [3.8, 4) is 0 Å². The van der Waals surface area contributed by atoms with Gasteiger partial charge in [-0.1, -0.05) is 6.42 Å². The van der Waals surface area contributed by atoms with Gasteiger partial charge in [0.25, 0.3) is 0 Å². The summed E-state index contributed by atoms with van der Waals surface area (Å²) in [7, 11) is -3.08. The lowest BCUT2D eigenvalue weighted by molar-refractivity contribution is -0.144. The largest absolute Gasteiger partial charge is 0.452 e. The van der Waals surface area contributed by atoms with Gasteiger partial charge in [-0.05, 0) is 25.7 Å². The fraction of sp³-hybridized carbons (Fsp3) is 0.818. The first-order valence-corrected chi connectivity index (χ1v) is 9.04. The van der Waals surface area contributed by atoms with E-state index in [1.54, 1.807) is 0 Å². The first-order valence-electron chi connectivity index (χ1n) is 6.62. The van der Waals surface area contributed by atoms with Crippen LogP contribution in [0, 0.1) is 0 Å². The van der Waals surface area contributed by atoms with Crippen molar-refractivity contribution in [1.82, 2.24) is 9.36 Å². The van der Waals surface area contributed by atoms with Crippen molar-refractivity contribution in [3.05, 3.63) is 5.82 Å². The van der Waals surface area contributed by atoms with Crippen LogP contribution in [-0.4, -0.2) is 34.3 Å².